The van der Waals surface area contributed by atoms with E-state index in [1.807, 2.05) is 30.3 Å². The van der Waals surface area contributed by atoms with Crippen molar-refractivity contribution >= 4 is 95.0 Å². The third kappa shape index (κ3) is 4.45. The van der Waals surface area contributed by atoms with Crippen molar-refractivity contribution in [2.45, 2.75) is 12.5 Å². The molecule has 0 spiro atoms. The molecule has 0 aromatic heterocycles. The summed E-state index contributed by atoms with van der Waals surface area (Å²) >= 11 is 42.9. The Morgan fingerprint density at radius 3 is 1.56 bits per heavy atom. The van der Waals surface area contributed by atoms with E-state index in [0.29, 0.717) is 12.5 Å². The van der Waals surface area contributed by atoms with Gasteiger partial charge in [-0.1, -0.05) is 30.3 Å². The fourth-order valence-corrected chi connectivity index (χ4v) is 49.3. The number of hydrogen-bond donors (Lipinski definition) is 0. The summed E-state index contributed by atoms with van der Waals surface area (Å²) in [6.45, 7) is 0. The molecule has 0 atom stereocenters. The van der Waals surface area contributed by atoms with Crippen LogP contribution in [-0.4, -0.2) is 17.5 Å². The molecule has 0 bridgehead atoms. The molecule has 0 N–H and O–H groups in total. The zero-order valence-electron chi connectivity index (χ0n) is 8.95. The fourth-order valence-electron chi connectivity index (χ4n) is 1.41. The van der Waals surface area contributed by atoms with Gasteiger partial charge < -0.3 is 0 Å². The van der Waals surface area contributed by atoms with Crippen LogP contribution in [0.4, 0.5) is 0 Å². The maximum atomic E-state index is 6.51. The van der Waals surface area contributed by atoms with E-state index in [9.17, 15) is 0 Å². The quantitative estimate of drug-likeness (QED) is 0.399. The molecule has 0 aliphatic rings. The van der Waals surface area contributed by atoms with E-state index in [4.69, 9.17) is 77.6 Å². The van der Waals surface area contributed by atoms with Crippen molar-refractivity contribution in [3.05, 3.63) is 35.9 Å². The number of rotatable bonds is 5. The Balaban J connectivity index is 2.89. The fraction of sp³-hybridized carbons (Fsp3) is 0.250. The van der Waals surface area contributed by atoms with Crippen LogP contribution in [0.5, 0.6) is 0 Å². The van der Waals surface area contributed by atoms with Gasteiger partial charge in [-0.25, -0.2) is 0 Å². The Hall–Kier alpha value is 1.90. The largest absolute Gasteiger partial charge is 0.343 e. The molecule has 10 heteroatoms. The average molecular weight is 438 g/mol. The first-order chi connectivity index (χ1) is 8.08. The summed E-state index contributed by atoms with van der Waals surface area (Å²) in [5.41, 5.74) is -5.33. The van der Waals surface area contributed by atoms with Gasteiger partial charge in [-0.15, -0.1) is 66.5 Å². The van der Waals surface area contributed by atoms with E-state index in [1.54, 1.807) is 0 Å². The number of benzene rings is 1. The highest BCUT2D eigenvalue weighted by Gasteiger charge is 2.66. The second-order valence-electron chi connectivity index (χ2n) is 3.78. The zero-order chi connectivity index (χ0) is 14.0. The zero-order valence-corrected chi connectivity index (χ0v) is 17.2. The highest BCUT2D eigenvalue weighted by molar-refractivity contribution is 8.17. The molecular formula is C8H9Cl7Si3. The Morgan fingerprint density at radius 2 is 1.17 bits per heavy atom. The van der Waals surface area contributed by atoms with Crippen LogP contribution >= 0.6 is 77.6 Å². The number of aryl methyl sites for hydroxylation is 1. The molecule has 0 aliphatic carbocycles. The normalized spacial score (nSPS) is 13.7. The Bertz CT molecular complexity index is 372. The van der Waals surface area contributed by atoms with Crippen LogP contribution in [-0.2, 0) is 6.42 Å². The summed E-state index contributed by atoms with van der Waals surface area (Å²) in [4.78, 5) is 0. The van der Waals surface area contributed by atoms with Crippen molar-refractivity contribution in [1.29, 1.82) is 0 Å². The van der Waals surface area contributed by atoms with Gasteiger partial charge in [0.05, 0.1) is 0 Å². The Morgan fingerprint density at radius 1 is 0.722 bits per heavy atom. The van der Waals surface area contributed by atoms with Gasteiger partial charge in [-0.3, -0.25) is 0 Å². The van der Waals surface area contributed by atoms with Gasteiger partial charge in [0.25, 0.3) is 0 Å². The van der Waals surface area contributed by atoms with Crippen molar-refractivity contribution in [3.63, 3.8) is 0 Å². The SMILES string of the molecule is Cl[Si](Cl)(Cl)[Si](Cl)(CCc1ccccc1)[Si](Cl)(Cl)Cl. The van der Waals surface area contributed by atoms with Gasteiger partial charge in [-0.2, -0.15) is 11.1 Å². The van der Waals surface area contributed by atoms with Gasteiger partial charge in [0.1, 0.15) is 0 Å². The van der Waals surface area contributed by atoms with E-state index in [0.717, 1.165) is 5.56 Å². The summed E-state index contributed by atoms with van der Waals surface area (Å²) in [7, 11) is 0. The molecular weight excluding hydrogens is 429 g/mol. The predicted molar refractivity (Wildman–Crippen MR) is 93.2 cm³/mol. The molecule has 1 aromatic carbocycles. The van der Waals surface area contributed by atoms with Crippen LogP contribution < -0.4 is 0 Å². The van der Waals surface area contributed by atoms with Crippen LogP contribution in [0.3, 0.4) is 0 Å². The third-order valence-electron chi connectivity index (χ3n) is 2.50. The molecule has 0 fully saturated rings. The van der Waals surface area contributed by atoms with Gasteiger partial charge in [0, 0.05) is 0 Å². The maximum Gasteiger partial charge on any atom is 0.343 e. The lowest BCUT2D eigenvalue weighted by atomic mass is 10.2. The lowest BCUT2D eigenvalue weighted by Crippen LogP contribution is -2.61. The average Bonchev–Trinajstić information content (AvgIpc) is 2.24. The van der Waals surface area contributed by atoms with Gasteiger partial charge in [0.2, 0.25) is 6.42 Å². The van der Waals surface area contributed by atoms with E-state index >= 15 is 0 Å². The number of hydrogen-bond acceptors (Lipinski definition) is 0. The molecule has 0 nitrogen and oxygen atoms in total. The van der Waals surface area contributed by atoms with Crippen LogP contribution in [0.25, 0.3) is 0 Å². The first-order valence-corrected chi connectivity index (χ1v) is 20.2. The second kappa shape index (κ2) is 6.77. The lowest BCUT2D eigenvalue weighted by molar-refractivity contribution is 1.12. The molecule has 0 saturated carbocycles. The molecule has 102 valence electrons. The molecule has 1 rings (SSSR count). The van der Waals surface area contributed by atoms with E-state index in [1.165, 1.54) is 0 Å². The van der Waals surface area contributed by atoms with Crippen molar-refractivity contribution in [2.75, 3.05) is 0 Å². The topological polar surface area (TPSA) is 0 Å². The highest BCUT2D eigenvalue weighted by Crippen LogP contribution is 2.48. The summed E-state index contributed by atoms with van der Waals surface area (Å²) in [5.74, 6) is 0. The van der Waals surface area contributed by atoms with Gasteiger partial charge in [0.15, 0.2) is 0 Å². The molecule has 0 heterocycles. The van der Waals surface area contributed by atoms with E-state index in [2.05, 4.69) is 0 Å². The van der Waals surface area contributed by atoms with E-state index in [-0.39, 0.29) is 0 Å². The van der Waals surface area contributed by atoms with Crippen molar-refractivity contribution in [3.8, 4) is 0 Å². The Labute approximate surface area is 142 Å². The second-order valence-corrected chi connectivity index (χ2v) is 42.2. The molecule has 0 aliphatic heterocycles. The maximum absolute atomic E-state index is 6.51. The Kier molecular flexibility index (Phi) is 6.76. The molecule has 0 saturated heterocycles. The molecule has 1 aromatic rings. The van der Waals surface area contributed by atoms with Crippen molar-refractivity contribution in [1.82, 2.24) is 0 Å². The summed E-state index contributed by atoms with van der Waals surface area (Å²) in [6, 6.07) is 10.2. The smallest absolute Gasteiger partial charge is 0.165 e. The van der Waals surface area contributed by atoms with Crippen LogP contribution in [0.15, 0.2) is 30.3 Å². The third-order valence-corrected chi connectivity index (χ3v) is 55.7. The standard InChI is InChI=1S/C8H9Cl7Si3/c9-16(17(10,11)12,18(13,14)15)7-6-8-4-2-1-3-5-8/h1-5H,6-7H2. The minimum atomic E-state index is -3.21. The number of halogens is 7. The highest BCUT2D eigenvalue weighted by atomic mass is 35.9. The van der Waals surface area contributed by atoms with Crippen LogP contribution in [0.1, 0.15) is 5.56 Å². The van der Waals surface area contributed by atoms with Crippen molar-refractivity contribution < 1.29 is 0 Å². The van der Waals surface area contributed by atoms with Crippen molar-refractivity contribution in [2.24, 2.45) is 0 Å². The predicted octanol–water partition coefficient (Wildman–Crippen LogP) is 5.88. The van der Waals surface area contributed by atoms with Gasteiger partial charge >= 0.3 is 11.0 Å². The molecule has 0 unspecified atom stereocenters. The summed E-state index contributed by atoms with van der Waals surface area (Å²) in [5, 5.41) is 0. The molecule has 0 radical (unpaired) electrons. The minimum Gasteiger partial charge on any atom is -0.165 e. The van der Waals surface area contributed by atoms with E-state index < -0.39 is 17.5 Å². The minimum absolute atomic E-state index is 0.476. The first kappa shape index (κ1) is 18.0. The molecule has 0 amide bonds. The van der Waals surface area contributed by atoms with Gasteiger partial charge in [-0.05, 0) is 18.0 Å². The van der Waals surface area contributed by atoms with Crippen LogP contribution in [0.2, 0.25) is 6.04 Å². The molecule has 18 heavy (non-hydrogen) atoms. The monoisotopic (exact) mass is 434 g/mol. The summed E-state index contributed by atoms with van der Waals surface area (Å²) in [6.07, 6.45) is -2.33. The summed E-state index contributed by atoms with van der Waals surface area (Å²) < 4.78 is 0. The lowest BCUT2D eigenvalue weighted by Gasteiger charge is -2.33. The van der Waals surface area contributed by atoms with Crippen LogP contribution in [0, 0.1) is 0 Å². The first-order valence-electron chi connectivity index (χ1n) is 4.94.